The van der Waals surface area contributed by atoms with E-state index in [-0.39, 0.29) is 12.5 Å². The number of halogens is 1. The van der Waals surface area contributed by atoms with Gasteiger partial charge in [-0.25, -0.2) is 0 Å². The molecule has 0 saturated carbocycles. The maximum atomic E-state index is 11.7. The van der Waals surface area contributed by atoms with E-state index in [9.17, 15) is 4.79 Å². The van der Waals surface area contributed by atoms with Crippen LogP contribution in [0.5, 0.6) is 0 Å². The van der Waals surface area contributed by atoms with Gasteiger partial charge in [0.1, 0.15) is 12.7 Å². The van der Waals surface area contributed by atoms with Gasteiger partial charge in [-0.3, -0.25) is 4.79 Å². The number of benzene rings is 1. The summed E-state index contributed by atoms with van der Waals surface area (Å²) in [7, 11) is 1.45. The maximum absolute atomic E-state index is 11.7. The highest BCUT2D eigenvalue weighted by atomic mass is 35.5. The van der Waals surface area contributed by atoms with Crippen LogP contribution < -0.4 is 5.32 Å². The molecule has 2 N–H and O–H groups in total. The van der Waals surface area contributed by atoms with Crippen LogP contribution in [0.1, 0.15) is 12.5 Å². The van der Waals surface area contributed by atoms with Gasteiger partial charge >= 0.3 is 0 Å². The van der Waals surface area contributed by atoms with E-state index in [4.69, 9.17) is 21.4 Å². The zero-order chi connectivity index (χ0) is 13.5. The Balaban J connectivity index is 2.99. The predicted molar refractivity (Wildman–Crippen MR) is 70.5 cm³/mol. The number of carbonyl (C=O) groups excluding carboxylic acids is 1. The van der Waals surface area contributed by atoms with E-state index in [1.54, 1.807) is 25.1 Å². The third kappa shape index (κ3) is 4.04. The minimum absolute atomic E-state index is 0.246. The zero-order valence-corrected chi connectivity index (χ0v) is 10.9. The molecule has 0 aliphatic rings. The third-order valence-corrected chi connectivity index (χ3v) is 2.50. The predicted octanol–water partition coefficient (Wildman–Crippen LogP) is 1.66. The van der Waals surface area contributed by atoms with E-state index < -0.39 is 6.10 Å². The van der Waals surface area contributed by atoms with Crippen LogP contribution in [0.4, 0.5) is 5.69 Å². The zero-order valence-electron chi connectivity index (χ0n) is 10.2. The second-order valence-corrected chi connectivity index (χ2v) is 3.95. The Morgan fingerprint density at radius 1 is 1.61 bits per heavy atom. The highest BCUT2D eigenvalue weighted by Gasteiger charge is 2.13. The summed E-state index contributed by atoms with van der Waals surface area (Å²) in [5, 5.41) is 11.8. The van der Waals surface area contributed by atoms with Gasteiger partial charge in [-0.05, 0) is 25.1 Å². The summed E-state index contributed by atoms with van der Waals surface area (Å²) in [4.78, 5) is 11.7. The van der Waals surface area contributed by atoms with Crippen molar-refractivity contribution < 1.29 is 14.6 Å². The molecule has 1 aromatic carbocycles. The van der Waals surface area contributed by atoms with E-state index >= 15 is 0 Å². The Hall–Kier alpha value is -1.54. The summed E-state index contributed by atoms with van der Waals surface area (Å²) < 4.78 is 4.91. The number of hydrogen-bond acceptors (Lipinski definition) is 3. The lowest BCUT2D eigenvalue weighted by Crippen LogP contribution is -2.26. The van der Waals surface area contributed by atoms with Crippen LogP contribution in [0, 0.1) is 11.8 Å². The van der Waals surface area contributed by atoms with Crippen molar-refractivity contribution in [2.24, 2.45) is 0 Å². The molecule has 0 heterocycles. The molecule has 18 heavy (non-hydrogen) atoms. The number of amides is 1. The second-order valence-electron chi connectivity index (χ2n) is 3.52. The number of methoxy groups -OCH3 is 1. The second kappa shape index (κ2) is 7.02. The molecular formula is C13H14ClNO3. The van der Waals surface area contributed by atoms with Gasteiger partial charge < -0.3 is 15.2 Å². The van der Waals surface area contributed by atoms with Gasteiger partial charge in [0, 0.05) is 17.7 Å². The van der Waals surface area contributed by atoms with Crippen molar-refractivity contribution in [2.45, 2.75) is 13.0 Å². The molecule has 0 saturated heterocycles. The molecule has 0 spiro atoms. The fraction of sp³-hybridized carbons (Fsp3) is 0.308. The first-order chi connectivity index (χ1) is 8.58. The van der Waals surface area contributed by atoms with Crippen molar-refractivity contribution in [3.63, 3.8) is 0 Å². The number of hydrogen-bond donors (Lipinski definition) is 2. The smallest absolute Gasteiger partial charge is 0.253 e. The molecule has 1 aromatic rings. The number of rotatable bonds is 3. The van der Waals surface area contributed by atoms with E-state index in [1.165, 1.54) is 7.11 Å². The summed E-state index contributed by atoms with van der Waals surface area (Å²) in [5.41, 5.74) is 1.09. The lowest BCUT2D eigenvalue weighted by molar-refractivity contribution is -0.124. The summed E-state index contributed by atoms with van der Waals surface area (Å²) in [6, 6.07) is 4.94. The highest BCUT2D eigenvalue weighted by Crippen LogP contribution is 2.20. The Labute approximate surface area is 111 Å². The minimum atomic E-state index is -0.567. The van der Waals surface area contributed by atoms with Gasteiger partial charge in [0.15, 0.2) is 0 Å². The van der Waals surface area contributed by atoms with Crippen molar-refractivity contribution in [2.75, 3.05) is 19.0 Å². The van der Waals surface area contributed by atoms with Crippen LogP contribution in [0.2, 0.25) is 5.02 Å². The molecule has 0 aliphatic heterocycles. The van der Waals surface area contributed by atoms with E-state index in [2.05, 4.69) is 17.2 Å². The molecule has 0 aromatic heterocycles. The van der Waals surface area contributed by atoms with Crippen LogP contribution in [-0.4, -0.2) is 30.8 Å². The molecule has 0 radical (unpaired) electrons. The number of aliphatic hydroxyl groups is 1. The van der Waals surface area contributed by atoms with E-state index in [0.717, 1.165) is 0 Å². The monoisotopic (exact) mass is 267 g/mol. The molecule has 4 nitrogen and oxygen atoms in total. The quantitative estimate of drug-likeness (QED) is 0.819. The summed E-state index contributed by atoms with van der Waals surface area (Å²) >= 11 is 5.87. The van der Waals surface area contributed by atoms with Crippen LogP contribution in [0.15, 0.2) is 18.2 Å². The van der Waals surface area contributed by atoms with Crippen molar-refractivity contribution >= 4 is 23.2 Å². The standard InChI is InChI=1S/C13H14ClNO3/c1-9(18-2)13(17)15-12-8-11(14)6-5-10(12)4-3-7-16/h5-6,8-9,16H,7H2,1-2H3,(H,15,17). The molecule has 1 amide bonds. The normalized spacial score (nSPS) is 11.3. The van der Waals surface area contributed by atoms with Gasteiger partial charge in [-0.2, -0.15) is 0 Å². The lowest BCUT2D eigenvalue weighted by Gasteiger charge is -2.12. The topological polar surface area (TPSA) is 58.6 Å². The largest absolute Gasteiger partial charge is 0.384 e. The summed E-state index contributed by atoms with van der Waals surface area (Å²) in [6.45, 7) is 1.39. The van der Waals surface area contributed by atoms with Crippen LogP contribution >= 0.6 is 11.6 Å². The lowest BCUT2D eigenvalue weighted by atomic mass is 10.1. The molecule has 5 heteroatoms. The highest BCUT2D eigenvalue weighted by molar-refractivity contribution is 6.31. The van der Waals surface area contributed by atoms with Gasteiger partial charge in [-0.1, -0.05) is 23.4 Å². The van der Waals surface area contributed by atoms with Crippen LogP contribution in [0.3, 0.4) is 0 Å². The first-order valence-electron chi connectivity index (χ1n) is 5.31. The van der Waals surface area contributed by atoms with E-state index in [1.807, 2.05) is 0 Å². The van der Waals surface area contributed by atoms with Gasteiger partial charge in [0.05, 0.1) is 5.69 Å². The third-order valence-electron chi connectivity index (χ3n) is 2.26. The Morgan fingerprint density at radius 2 is 2.33 bits per heavy atom. The molecule has 0 fully saturated rings. The molecular weight excluding hydrogens is 254 g/mol. The van der Waals surface area contributed by atoms with Crippen molar-refractivity contribution in [1.29, 1.82) is 0 Å². The average molecular weight is 268 g/mol. The van der Waals surface area contributed by atoms with Gasteiger partial charge in [-0.15, -0.1) is 0 Å². The number of aliphatic hydroxyl groups excluding tert-OH is 1. The maximum Gasteiger partial charge on any atom is 0.253 e. The van der Waals surface area contributed by atoms with Crippen LogP contribution in [0.25, 0.3) is 0 Å². The first-order valence-corrected chi connectivity index (χ1v) is 5.69. The van der Waals surface area contributed by atoms with E-state index in [0.29, 0.717) is 16.3 Å². The van der Waals surface area contributed by atoms with Crippen LogP contribution in [-0.2, 0) is 9.53 Å². The number of nitrogens with one attached hydrogen (secondary N) is 1. The van der Waals surface area contributed by atoms with Crippen molar-refractivity contribution in [3.8, 4) is 11.8 Å². The van der Waals surface area contributed by atoms with Crippen molar-refractivity contribution in [1.82, 2.24) is 0 Å². The summed E-state index contributed by atoms with van der Waals surface area (Å²) in [6.07, 6.45) is -0.567. The number of carbonyl (C=O) groups is 1. The molecule has 1 unspecified atom stereocenters. The number of anilines is 1. The molecule has 96 valence electrons. The number of ether oxygens (including phenoxy) is 1. The van der Waals surface area contributed by atoms with Gasteiger partial charge in [0.2, 0.25) is 0 Å². The minimum Gasteiger partial charge on any atom is -0.384 e. The fourth-order valence-electron chi connectivity index (χ4n) is 1.21. The van der Waals surface area contributed by atoms with Gasteiger partial charge in [0.25, 0.3) is 5.91 Å². The Morgan fingerprint density at radius 3 is 2.94 bits per heavy atom. The first kappa shape index (κ1) is 14.5. The Bertz CT molecular complexity index is 491. The average Bonchev–Trinajstić information content (AvgIpc) is 2.36. The Kier molecular flexibility index (Phi) is 5.66. The summed E-state index contributed by atoms with van der Waals surface area (Å²) in [5.74, 6) is 4.97. The van der Waals surface area contributed by atoms with Crippen molar-refractivity contribution in [3.05, 3.63) is 28.8 Å². The molecule has 0 aliphatic carbocycles. The molecule has 1 rings (SSSR count). The SMILES string of the molecule is COC(C)C(=O)Nc1cc(Cl)ccc1C#CCO. The molecule has 0 bridgehead atoms. The fourth-order valence-corrected chi connectivity index (χ4v) is 1.38. The molecule has 1 atom stereocenters.